The van der Waals surface area contributed by atoms with Gasteiger partial charge in [-0.25, -0.2) is 0 Å². The minimum absolute atomic E-state index is 0.705. The molecule has 0 aliphatic rings. The molecule has 0 unspecified atom stereocenters. The summed E-state index contributed by atoms with van der Waals surface area (Å²) in [5, 5.41) is 4.18. The van der Waals surface area contributed by atoms with Crippen molar-refractivity contribution in [2.75, 3.05) is 21.3 Å². The van der Waals surface area contributed by atoms with Crippen LogP contribution in [0.3, 0.4) is 0 Å². The van der Waals surface area contributed by atoms with E-state index in [0.29, 0.717) is 5.75 Å². The Kier molecular flexibility index (Phi) is 3.67. The van der Waals surface area contributed by atoms with E-state index in [0.717, 1.165) is 28.9 Å². The van der Waals surface area contributed by atoms with Crippen molar-refractivity contribution in [3.63, 3.8) is 0 Å². The quantitative estimate of drug-likeness (QED) is 0.898. The first-order chi connectivity index (χ1) is 8.69. The van der Waals surface area contributed by atoms with Gasteiger partial charge in [0, 0.05) is 18.0 Å². The highest BCUT2D eigenvalue weighted by Gasteiger charge is 2.09. The molecule has 0 radical (unpaired) electrons. The summed E-state index contributed by atoms with van der Waals surface area (Å²) in [6.07, 6.45) is 0. The van der Waals surface area contributed by atoms with Crippen molar-refractivity contribution in [1.82, 2.24) is 10.3 Å². The Morgan fingerprint density at radius 1 is 1.11 bits per heavy atom. The average Bonchev–Trinajstić information content (AvgIpc) is 2.38. The summed E-state index contributed by atoms with van der Waals surface area (Å²) < 4.78 is 10.6. The summed E-state index contributed by atoms with van der Waals surface area (Å²) in [6, 6.07) is 5.99. The second-order valence-corrected chi connectivity index (χ2v) is 4.18. The average molecular weight is 246 g/mol. The number of methoxy groups -OCH3 is 2. The molecule has 0 atom stereocenters. The molecular weight excluding hydrogens is 228 g/mol. The van der Waals surface area contributed by atoms with Crippen LogP contribution in [-0.2, 0) is 6.54 Å². The number of hydrogen-bond donors (Lipinski definition) is 1. The standard InChI is InChI=1S/C14H18N2O2/c1-9-5-10-6-13(17-3)14(18-4)7-11(10)16-12(9)8-15-2/h5-7,15H,8H2,1-4H3. The van der Waals surface area contributed by atoms with Gasteiger partial charge in [-0.2, -0.15) is 0 Å². The Labute approximate surface area is 107 Å². The summed E-state index contributed by atoms with van der Waals surface area (Å²) in [4.78, 5) is 4.65. The molecule has 0 spiro atoms. The second kappa shape index (κ2) is 5.23. The van der Waals surface area contributed by atoms with Crippen molar-refractivity contribution >= 4 is 10.9 Å². The number of rotatable bonds is 4. The van der Waals surface area contributed by atoms with Crippen molar-refractivity contribution in [3.05, 3.63) is 29.5 Å². The van der Waals surface area contributed by atoms with Gasteiger partial charge in [-0.05, 0) is 31.7 Å². The number of fused-ring (bicyclic) bond motifs is 1. The van der Waals surface area contributed by atoms with Gasteiger partial charge in [-0.15, -0.1) is 0 Å². The Hall–Kier alpha value is -1.81. The van der Waals surface area contributed by atoms with E-state index < -0.39 is 0 Å². The summed E-state index contributed by atoms with van der Waals surface area (Å²) in [6.45, 7) is 2.83. The molecule has 1 N–H and O–H groups in total. The SMILES string of the molecule is CNCc1nc2cc(OC)c(OC)cc2cc1C. The lowest BCUT2D eigenvalue weighted by Crippen LogP contribution is -2.08. The molecular formula is C14H18N2O2. The van der Waals surface area contributed by atoms with Crippen LogP contribution in [0.2, 0.25) is 0 Å². The van der Waals surface area contributed by atoms with Crippen molar-refractivity contribution in [3.8, 4) is 11.5 Å². The minimum atomic E-state index is 0.705. The summed E-state index contributed by atoms with van der Waals surface area (Å²) in [5.41, 5.74) is 3.14. The Bertz CT molecular complexity index is 567. The third-order valence-electron chi connectivity index (χ3n) is 2.96. The Morgan fingerprint density at radius 3 is 2.39 bits per heavy atom. The van der Waals surface area contributed by atoms with Gasteiger partial charge in [0.15, 0.2) is 11.5 Å². The van der Waals surface area contributed by atoms with Gasteiger partial charge < -0.3 is 14.8 Å². The van der Waals surface area contributed by atoms with Crippen LogP contribution in [0.4, 0.5) is 0 Å². The summed E-state index contributed by atoms with van der Waals surface area (Å²) in [5.74, 6) is 1.43. The van der Waals surface area contributed by atoms with Crippen molar-refractivity contribution < 1.29 is 9.47 Å². The number of aryl methyl sites for hydroxylation is 1. The molecule has 4 heteroatoms. The highest BCUT2D eigenvalue weighted by molar-refractivity contribution is 5.83. The lowest BCUT2D eigenvalue weighted by Gasteiger charge is -2.11. The van der Waals surface area contributed by atoms with E-state index in [9.17, 15) is 0 Å². The molecule has 0 aliphatic carbocycles. The topological polar surface area (TPSA) is 43.4 Å². The molecule has 0 saturated carbocycles. The summed E-state index contributed by atoms with van der Waals surface area (Å²) >= 11 is 0. The molecule has 96 valence electrons. The van der Waals surface area contributed by atoms with E-state index in [-0.39, 0.29) is 0 Å². The van der Waals surface area contributed by atoms with Crippen LogP contribution < -0.4 is 14.8 Å². The first-order valence-electron chi connectivity index (χ1n) is 5.86. The summed E-state index contributed by atoms with van der Waals surface area (Å²) in [7, 11) is 5.19. The molecule has 18 heavy (non-hydrogen) atoms. The zero-order valence-electron chi connectivity index (χ0n) is 11.2. The Morgan fingerprint density at radius 2 is 1.78 bits per heavy atom. The maximum absolute atomic E-state index is 5.30. The van der Waals surface area contributed by atoms with E-state index in [2.05, 4.69) is 23.3 Å². The van der Waals surface area contributed by atoms with E-state index in [1.165, 1.54) is 5.56 Å². The van der Waals surface area contributed by atoms with Gasteiger partial charge in [0.05, 0.1) is 25.4 Å². The normalized spacial score (nSPS) is 10.7. The molecule has 1 heterocycles. The highest BCUT2D eigenvalue weighted by atomic mass is 16.5. The first-order valence-corrected chi connectivity index (χ1v) is 5.86. The smallest absolute Gasteiger partial charge is 0.162 e. The molecule has 0 bridgehead atoms. The third kappa shape index (κ3) is 2.24. The number of aromatic nitrogens is 1. The van der Waals surface area contributed by atoms with Crippen LogP contribution in [-0.4, -0.2) is 26.3 Å². The van der Waals surface area contributed by atoms with Crippen molar-refractivity contribution in [1.29, 1.82) is 0 Å². The highest BCUT2D eigenvalue weighted by Crippen LogP contribution is 2.32. The number of nitrogens with one attached hydrogen (secondary N) is 1. The van der Waals surface area contributed by atoms with Crippen LogP contribution in [0.5, 0.6) is 11.5 Å². The van der Waals surface area contributed by atoms with Gasteiger partial charge in [-0.3, -0.25) is 4.98 Å². The molecule has 0 saturated heterocycles. The number of hydrogen-bond acceptors (Lipinski definition) is 4. The molecule has 0 amide bonds. The van der Waals surface area contributed by atoms with Gasteiger partial charge in [0.25, 0.3) is 0 Å². The van der Waals surface area contributed by atoms with Crippen LogP contribution in [0.15, 0.2) is 18.2 Å². The van der Waals surface area contributed by atoms with E-state index in [1.54, 1.807) is 14.2 Å². The Balaban J connectivity index is 2.62. The van der Waals surface area contributed by atoms with Crippen LogP contribution in [0.1, 0.15) is 11.3 Å². The molecule has 4 nitrogen and oxygen atoms in total. The van der Waals surface area contributed by atoms with Crippen LogP contribution >= 0.6 is 0 Å². The van der Waals surface area contributed by atoms with E-state index >= 15 is 0 Å². The molecule has 1 aromatic carbocycles. The third-order valence-corrected chi connectivity index (χ3v) is 2.96. The fourth-order valence-corrected chi connectivity index (χ4v) is 1.99. The minimum Gasteiger partial charge on any atom is -0.493 e. The van der Waals surface area contributed by atoms with Gasteiger partial charge in [-0.1, -0.05) is 0 Å². The largest absolute Gasteiger partial charge is 0.493 e. The zero-order valence-corrected chi connectivity index (χ0v) is 11.2. The fourth-order valence-electron chi connectivity index (χ4n) is 1.99. The molecule has 2 aromatic rings. The molecule has 0 fully saturated rings. The van der Waals surface area contributed by atoms with E-state index in [4.69, 9.17) is 9.47 Å². The van der Waals surface area contributed by atoms with Gasteiger partial charge >= 0.3 is 0 Å². The number of benzene rings is 1. The van der Waals surface area contributed by atoms with Crippen LogP contribution in [0.25, 0.3) is 10.9 Å². The van der Waals surface area contributed by atoms with Crippen molar-refractivity contribution in [2.45, 2.75) is 13.5 Å². The number of ether oxygens (including phenoxy) is 2. The van der Waals surface area contributed by atoms with Gasteiger partial charge in [0.2, 0.25) is 0 Å². The lowest BCUT2D eigenvalue weighted by atomic mass is 10.1. The first kappa shape index (κ1) is 12.6. The second-order valence-electron chi connectivity index (χ2n) is 4.18. The molecule has 1 aromatic heterocycles. The maximum atomic E-state index is 5.30. The van der Waals surface area contributed by atoms with Crippen molar-refractivity contribution in [2.24, 2.45) is 0 Å². The fraction of sp³-hybridized carbons (Fsp3) is 0.357. The maximum Gasteiger partial charge on any atom is 0.162 e. The molecule has 0 aliphatic heterocycles. The van der Waals surface area contributed by atoms with Crippen LogP contribution in [0, 0.1) is 6.92 Å². The predicted molar refractivity (Wildman–Crippen MR) is 72.3 cm³/mol. The number of pyridine rings is 1. The monoisotopic (exact) mass is 246 g/mol. The van der Waals surface area contributed by atoms with Gasteiger partial charge in [0.1, 0.15) is 0 Å². The van der Waals surface area contributed by atoms with E-state index in [1.807, 2.05) is 19.2 Å². The lowest BCUT2D eigenvalue weighted by molar-refractivity contribution is 0.356. The number of nitrogens with zero attached hydrogens (tertiary/aromatic N) is 1. The zero-order chi connectivity index (χ0) is 13.1. The predicted octanol–water partition coefficient (Wildman–Crippen LogP) is 2.28. The molecule has 2 rings (SSSR count).